The van der Waals surface area contributed by atoms with Crippen LogP contribution < -0.4 is 0 Å². The van der Waals surface area contributed by atoms with Crippen LogP contribution in [0.1, 0.15) is 39.2 Å². The highest BCUT2D eigenvalue weighted by molar-refractivity contribution is 5.70. The van der Waals surface area contributed by atoms with Crippen LogP contribution in [0.3, 0.4) is 0 Å². The van der Waals surface area contributed by atoms with Crippen molar-refractivity contribution in [3.8, 4) is 0 Å². The van der Waals surface area contributed by atoms with Crippen LogP contribution in [0.2, 0.25) is 0 Å². The second-order valence-electron chi connectivity index (χ2n) is 4.67. The van der Waals surface area contributed by atoms with Gasteiger partial charge in [0.05, 0.1) is 19.1 Å². The molecule has 88 valence electrons. The van der Waals surface area contributed by atoms with Crippen LogP contribution in [0.15, 0.2) is 18.5 Å². The van der Waals surface area contributed by atoms with Gasteiger partial charge in [0.15, 0.2) is 0 Å². The number of carbonyl (C=O) groups is 1. The molecule has 1 saturated carbocycles. The van der Waals surface area contributed by atoms with Gasteiger partial charge in [-0.3, -0.25) is 9.48 Å². The molecule has 1 aliphatic rings. The molecule has 0 N–H and O–H groups in total. The quantitative estimate of drug-likeness (QED) is 0.717. The number of ether oxygens (including phenoxy) is 1. The molecule has 4 heteroatoms. The van der Waals surface area contributed by atoms with Crippen molar-refractivity contribution in [3.63, 3.8) is 0 Å². The molecule has 1 aliphatic carbocycles. The predicted molar refractivity (Wildman–Crippen MR) is 59.9 cm³/mol. The van der Waals surface area contributed by atoms with Gasteiger partial charge in [-0.1, -0.05) is 6.92 Å². The first-order chi connectivity index (χ1) is 7.65. The Kier molecular flexibility index (Phi) is 2.99. The molecule has 0 radical (unpaired) electrons. The van der Waals surface area contributed by atoms with Crippen LogP contribution in [0.25, 0.3) is 0 Å². The molecule has 2 rings (SSSR count). The number of hydrogen-bond donors (Lipinski definition) is 0. The normalized spacial score (nSPS) is 19.1. The summed E-state index contributed by atoms with van der Waals surface area (Å²) in [6.45, 7) is 4.49. The first kappa shape index (κ1) is 11.2. The summed E-state index contributed by atoms with van der Waals surface area (Å²) in [5.41, 5.74) is 0.221. The molecule has 0 amide bonds. The first-order valence-electron chi connectivity index (χ1n) is 5.80. The second-order valence-corrected chi connectivity index (χ2v) is 4.67. The van der Waals surface area contributed by atoms with E-state index in [0.29, 0.717) is 13.0 Å². The molecule has 16 heavy (non-hydrogen) atoms. The smallest absolute Gasteiger partial charge is 0.307 e. The third-order valence-electron chi connectivity index (χ3n) is 3.35. The van der Waals surface area contributed by atoms with Gasteiger partial charge in [-0.2, -0.15) is 5.10 Å². The summed E-state index contributed by atoms with van der Waals surface area (Å²) < 4.78 is 6.91. The van der Waals surface area contributed by atoms with E-state index in [1.54, 1.807) is 6.20 Å². The Morgan fingerprint density at radius 3 is 2.88 bits per heavy atom. The number of carbonyl (C=O) groups excluding carboxylic acids is 1. The van der Waals surface area contributed by atoms with Crippen LogP contribution >= 0.6 is 0 Å². The number of rotatable bonds is 5. The highest BCUT2D eigenvalue weighted by Gasteiger charge is 2.47. The van der Waals surface area contributed by atoms with Crippen molar-refractivity contribution in [3.05, 3.63) is 18.5 Å². The van der Waals surface area contributed by atoms with E-state index in [0.717, 1.165) is 12.8 Å². The monoisotopic (exact) mass is 222 g/mol. The second kappa shape index (κ2) is 4.28. The Balaban J connectivity index is 2.07. The lowest BCUT2D eigenvalue weighted by atomic mass is 9.96. The zero-order chi connectivity index (χ0) is 11.6. The molecule has 0 aromatic carbocycles. The van der Waals surface area contributed by atoms with E-state index < -0.39 is 0 Å². The lowest BCUT2D eigenvalue weighted by Gasteiger charge is -2.23. The molecule has 0 spiro atoms. The molecule has 1 aromatic heterocycles. The Labute approximate surface area is 95.6 Å². The molecule has 1 aromatic rings. The van der Waals surface area contributed by atoms with E-state index in [1.807, 2.05) is 23.9 Å². The number of hydrogen-bond acceptors (Lipinski definition) is 3. The minimum absolute atomic E-state index is 0.129. The van der Waals surface area contributed by atoms with Gasteiger partial charge in [0.25, 0.3) is 0 Å². The van der Waals surface area contributed by atoms with Crippen molar-refractivity contribution in [1.29, 1.82) is 0 Å². The van der Waals surface area contributed by atoms with Gasteiger partial charge in [0.1, 0.15) is 0 Å². The fourth-order valence-corrected chi connectivity index (χ4v) is 2.03. The molecular formula is C12H18N2O2. The Bertz CT molecular complexity index is 355. The third-order valence-corrected chi connectivity index (χ3v) is 3.35. The first-order valence-corrected chi connectivity index (χ1v) is 5.80. The van der Waals surface area contributed by atoms with Crippen LogP contribution in [-0.4, -0.2) is 22.4 Å². The molecule has 1 fully saturated rings. The average molecular weight is 222 g/mol. The van der Waals surface area contributed by atoms with Crippen LogP contribution in [0.5, 0.6) is 0 Å². The van der Waals surface area contributed by atoms with Gasteiger partial charge >= 0.3 is 5.97 Å². The van der Waals surface area contributed by atoms with Gasteiger partial charge < -0.3 is 4.74 Å². The van der Waals surface area contributed by atoms with Crippen molar-refractivity contribution >= 4 is 5.97 Å². The molecule has 4 nitrogen and oxygen atoms in total. The maximum atomic E-state index is 11.6. The number of aromatic nitrogens is 2. The topological polar surface area (TPSA) is 44.1 Å². The van der Waals surface area contributed by atoms with Crippen LogP contribution in [0.4, 0.5) is 0 Å². The zero-order valence-electron chi connectivity index (χ0n) is 9.85. The summed E-state index contributed by atoms with van der Waals surface area (Å²) in [5, 5.41) is 4.25. The van der Waals surface area contributed by atoms with Crippen LogP contribution in [0, 0.1) is 5.41 Å². The van der Waals surface area contributed by atoms with Gasteiger partial charge in [-0.25, -0.2) is 0 Å². The van der Waals surface area contributed by atoms with Crippen LogP contribution in [-0.2, 0) is 9.53 Å². The zero-order valence-corrected chi connectivity index (χ0v) is 9.85. The average Bonchev–Trinajstić information content (AvgIpc) is 2.81. The molecule has 1 unspecified atom stereocenters. The molecule has 0 bridgehead atoms. The Hall–Kier alpha value is -1.32. The Morgan fingerprint density at radius 2 is 2.38 bits per heavy atom. The standard InChI is InChI=1S/C12H18N2O2/c1-3-16-11(15)9-10(12(2)5-6-12)14-8-4-7-13-14/h4,7-8,10H,3,5-6,9H2,1-2H3. The largest absolute Gasteiger partial charge is 0.466 e. The molecule has 1 heterocycles. The van der Waals surface area contributed by atoms with E-state index in [2.05, 4.69) is 12.0 Å². The van der Waals surface area contributed by atoms with Crippen molar-refractivity contribution in [2.24, 2.45) is 5.41 Å². The maximum Gasteiger partial charge on any atom is 0.307 e. The number of nitrogens with zero attached hydrogens (tertiary/aromatic N) is 2. The summed E-state index contributed by atoms with van der Waals surface area (Å²) in [5.74, 6) is -0.129. The summed E-state index contributed by atoms with van der Waals surface area (Å²) >= 11 is 0. The van der Waals surface area contributed by atoms with E-state index in [4.69, 9.17) is 4.74 Å². The van der Waals surface area contributed by atoms with Gasteiger partial charge in [-0.05, 0) is 31.2 Å². The third kappa shape index (κ3) is 2.26. The van der Waals surface area contributed by atoms with Crippen molar-refractivity contribution < 1.29 is 9.53 Å². The molecule has 0 saturated heterocycles. The van der Waals surface area contributed by atoms with Gasteiger partial charge in [0, 0.05) is 12.4 Å². The van der Waals surface area contributed by atoms with Crippen molar-refractivity contribution in [1.82, 2.24) is 9.78 Å². The van der Waals surface area contributed by atoms with Gasteiger partial charge in [0.2, 0.25) is 0 Å². The molecular weight excluding hydrogens is 204 g/mol. The SMILES string of the molecule is CCOC(=O)CC(n1cccn1)C1(C)CC1. The maximum absolute atomic E-state index is 11.6. The summed E-state index contributed by atoms with van der Waals surface area (Å²) in [6.07, 6.45) is 6.43. The van der Waals surface area contributed by atoms with E-state index >= 15 is 0 Å². The molecule has 0 aliphatic heterocycles. The highest BCUT2D eigenvalue weighted by Crippen LogP contribution is 2.54. The predicted octanol–water partition coefficient (Wildman–Crippen LogP) is 2.18. The van der Waals surface area contributed by atoms with Gasteiger partial charge in [-0.15, -0.1) is 0 Å². The number of esters is 1. The molecule has 1 atom stereocenters. The lowest BCUT2D eigenvalue weighted by Crippen LogP contribution is -2.23. The highest BCUT2D eigenvalue weighted by atomic mass is 16.5. The Morgan fingerprint density at radius 1 is 1.62 bits per heavy atom. The van der Waals surface area contributed by atoms with E-state index in [1.165, 1.54) is 0 Å². The summed E-state index contributed by atoms with van der Waals surface area (Å²) in [7, 11) is 0. The minimum atomic E-state index is -0.129. The summed E-state index contributed by atoms with van der Waals surface area (Å²) in [4.78, 5) is 11.6. The minimum Gasteiger partial charge on any atom is -0.466 e. The van der Waals surface area contributed by atoms with E-state index in [9.17, 15) is 4.79 Å². The van der Waals surface area contributed by atoms with E-state index in [-0.39, 0.29) is 17.4 Å². The fourth-order valence-electron chi connectivity index (χ4n) is 2.03. The fraction of sp³-hybridized carbons (Fsp3) is 0.667. The van der Waals surface area contributed by atoms with Crippen molar-refractivity contribution in [2.75, 3.05) is 6.61 Å². The lowest BCUT2D eigenvalue weighted by molar-refractivity contribution is -0.144. The van der Waals surface area contributed by atoms with Crippen molar-refractivity contribution in [2.45, 2.75) is 39.2 Å². The summed E-state index contributed by atoms with van der Waals surface area (Å²) in [6, 6.07) is 2.03.